The second-order valence-electron chi connectivity index (χ2n) is 10.7. The number of unbranched alkanes of at least 4 members (excludes halogenated alkanes) is 1. The molecule has 0 aliphatic rings. The Labute approximate surface area is 280 Å². The van der Waals surface area contributed by atoms with E-state index in [-0.39, 0.29) is 11.6 Å². The van der Waals surface area contributed by atoms with E-state index in [1.54, 1.807) is 36.5 Å². The first-order valence-electron chi connectivity index (χ1n) is 14.9. The number of imidazole rings is 1. The van der Waals surface area contributed by atoms with E-state index in [1.165, 1.54) is 11.3 Å². The van der Waals surface area contributed by atoms with E-state index in [4.69, 9.17) is 9.66 Å². The minimum absolute atomic E-state index is 0.0902. The minimum atomic E-state index is -3.67. The van der Waals surface area contributed by atoms with E-state index >= 15 is 0 Å². The van der Waals surface area contributed by atoms with E-state index in [1.807, 2.05) is 66.4 Å². The molecule has 0 radical (unpaired) electrons. The average Bonchev–Trinajstić information content (AvgIpc) is 3.69. The largest absolute Gasteiger partial charge is 0.478 e. The lowest BCUT2D eigenvalue weighted by Gasteiger charge is -2.17. The van der Waals surface area contributed by atoms with Gasteiger partial charge < -0.3 is 25.2 Å². The number of aromatic nitrogens is 2. The third-order valence-corrected chi connectivity index (χ3v) is 7.75. The molecule has 2 heterocycles. The van der Waals surface area contributed by atoms with Crippen molar-refractivity contribution in [3.63, 3.8) is 0 Å². The minimum Gasteiger partial charge on any atom is -0.478 e. The van der Waals surface area contributed by atoms with Crippen LogP contribution in [0.15, 0.2) is 83.9 Å². The van der Waals surface area contributed by atoms with Crippen LogP contribution in [-0.2, 0) is 34.3 Å². The van der Waals surface area contributed by atoms with Crippen LogP contribution >= 0.6 is 11.3 Å². The van der Waals surface area contributed by atoms with Gasteiger partial charge in [0, 0.05) is 35.9 Å². The van der Waals surface area contributed by atoms with Gasteiger partial charge in [-0.1, -0.05) is 61.9 Å². The zero-order chi connectivity index (χ0) is 35.0. The van der Waals surface area contributed by atoms with Crippen LogP contribution in [-0.4, -0.2) is 69.1 Å². The average molecular weight is 686 g/mol. The lowest BCUT2D eigenvalue weighted by atomic mass is 10.0. The number of likely N-dealkylation sites (N-methyl/N-ethyl adjacent to an activating group) is 1. The van der Waals surface area contributed by atoms with Crippen LogP contribution in [0.4, 0.5) is 0 Å². The predicted octanol–water partition coefficient (Wildman–Crippen LogP) is 5.58. The molecule has 0 saturated heterocycles. The van der Waals surface area contributed by atoms with Gasteiger partial charge in [0.1, 0.15) is 5.82 Å². The Morgan fingerprint density at radius 2 is 1.68 bits per heavy atom. The summed E-state index contributed by atoms with van der Waals surface area (Å²) in [4.78, 5) is 28.5. The molecular weight excluding hydrogens is 643 g/mol. The number of nitrogens with one attached hydrogen (secondary N) is 1. The fraction of sp³-hybridized carbons (Fsp3) is 0.324. The SMILES string of the molecule is CCCCc1ncc(/C=C(\Cc2cccs2)C(=O)O)n1Cc1ccc(C(=O)O)cc1.CN[C@@H](C)[C@@H](O)c1ccccc1.CS(=O)(=O)O. The van der Waals surface area contributed by atoms with Gasteiger partial charge in [0.05, 0.1) is 29.8 Å². The number of aryl methyl sites for hydroxylation is 1. The summed E-state index contributed by atoms with van der Waals surface area (Å²) in [6.07, 6.45) is 6.87. The molecule has 0 fully saturated rings. The number of aromatic carboxylic acids is 1. The van der Waals surface area contributed by atoms with E-state index < -0.39 is 28.2 Å². The molecule has 0 bridgehead atoms. The molecule has 11 nitrogen and oxygen atoms in total. The zero-order valence-electron chi connectivity index (χ0n) is 26.9. The number of aliphatic hydroxyl groups excluding tert-OH is 1. The van der Waals surface area contributed by atoms with Gasteiger partial charge in [-0.25, -0.2) is 14.6 Å². The second-order valence-corrected chi connectivity index (χ2v) is 13.2. The molecule has 13 heteroatoms. The van der Waals surface area contributed by atoms with E-state index in [0.717, 1.165) is 46.8 Å². The standard InChI is InChI=1S/C23H24N2O4S.C10H15NO.CH4O3S/c1-2-3-6-21-24-14-19(12-18(23(28)29)13-20-5-4-11-30-20)25(21)15-16-7-9-17(10-8-16)22(26)27;1-8(11-2)10(12)9-6-4-3-5-7-9;1-5(2,3)4/h4-5,7-12,14H,2-3,6,13,15H2,1H3,(H,26,27)(H,28,29);3-8,10-12H,1-2H3;1H3,(H,2,3,4)/b18-12+;;/t;8-,10+;/m.0./s1. The number of aliphatic carboxylic acids is 1. The summed E-state index contributed by atoms with van der Waals surface area (Å²) in [5.41, 5.74) is 3.17. The number of benzene rings is 2. The molecule has 0 amide bonds. The van der Waals surface area contributed by atoms with Gasteiger partial charge in [-0.15, -0.1) is 11.3 Å². The van der Waals surface area contributed by atoms with Crippen LogP contribution < -0.4 is 5.32 Å². The Morgan fingerprint density at radius 3 is 2.19 bits per heavy atom. The van der Waals surface area contributed by atoms with Crippen LogP contribution in [0.1, 0.15) is 70.7 Å². The summed E-state index contributed by atoms with van der Waals surface area (Å²) in [6.45, 7) is 4.57. The van der Waals surface area contributed by atoms with Gasteiger partial charge in [0.2, 0.25) is 0 Å². The van der Waals surface area contributed by atoms with Crippen molar-refractivity contribution in [3.05, 3.63) is 117 Å². The van der Waals surface area contributed by atoms with Gasteiger partial charge in [-0.2, -0.15) is 8.42 Å². The molecule has 0 spiro atoms. The molecule has 2 aromatic carbocycles. The molecular formula is C34H43N3O8S2. The molecule has 0 aliphatic carbocycles. The Balaban J connectivity index is 0.000000371. The van der Waals surface area contributed by atoms with E-state index in [9.17, 15) is 28.2 Å². The van der Waals surface area contributed by atoms with Crippen LogP contribution in [0.25, 0.3) is 6.08 Å². The Bertz CT molecular complexity index is 1660. The first kappa shape index (κ1) is 39.0. The van der Waals surface area contributed by atoms with Crippen molar-refractivity contribution in [1.29, 1.82) is 0 Å². The van der Waals surface area contributed by atoms with Crippen molar-refractivity contribution in [2.45, 2.75) is 58.2 Å². The third-order valence-electron chi connectivity index (χ3n) is 6.88. The fourth-order valence-electron chi connectivity index (χ4n) is 4.26. The highest BCUT2D eigenvalue weighted by Crippen LogP contribution is 2.20. The Kier molecular flexibility index (Phi) is 16.2. The predicted molar refractivity (Wildman–Crippen MR) is 184 cm³/mol. The van der Waals surface area contributed by atoms with E-state index in [2.05, 4.69) is 17.2 Å². The number of hydrogen-bond acceptors (Lipinski definition) is 8. The van der Waals surface area contributed by atoms with Crippen molar-refractivity contribution >= 4 is 39.5 Å². The maximum Gasteiger partial charge on any atom is 0.335 e. The number of carbonyl (C=O) groups is 2. The quantitative estimate of drug-likeness (QED) is 0.0882. The molecule has 4 rings (SSSR count). The number of thiophene rings is 1. The smallest absolute Gasteiger partial charge is 0.335 e. The second kappa shape index (κ2) is 19.5. The maximum absolute atomic E-state index is 11.8. The number of rotatable bonds is 13. The van der Waals surface area contributed by atoms with Crippen molar-refractivity contribution in [2.24, 2.45) is 0 Å². The summed E-state index contributed by atoms with van der Waals surface area (Å²) >= 11 is 1.53. The highest BCUT2D eigenvalue weighted by Gasteiger charge is 2.15. The molecule has 2 aromatic heterocycles. The summed E-state index contributed by atoms with van der Waals surface area (Å²) in [7, 11) is -1.82. The highest BCUT2D eigenvalue weighted by molar-refractivity contribution is 7.85. The van der Waals surface area contributed by atoms with Crippen LogP contribution in [0.5, 0.6) is 0 Å². The Morgan fingerprint density at radius 1 is 1.04 bits per heavy atom. The maximum atomic E-state index is 11.8. The first-order valence-corrected chi connectivity index (χ1v) is 17.6. The van der Waals surface area contributed by atoms with Crippen LogP contribution in [0, 0.1) is 0 Å². The van der Waals surface area contributed by atoms with Gasteiger partial charge in [0.15, 0.2) is 0 Å². The van der Waals surface area contributed by atoms with E-state index in [0.29, 0.717) is 24.8 Å². The molecule has 254 valence electrons. The number of carboxylic acids is 2. The topological polar surface area (TPSA) is 179 Å². The fourth-order valence-corrected chi connectivity index (χ4v) is 4.99. The van der Waals surface area contributed by atoms with Gasteiger partial charge in [0.25, 0.3) is 10.1 Å². The van der Waals surface area contributed by atoms with Crippen molar-refractivity contribution in [2.75, 3.05) is 13.3 Å². The van der Waals surface area contributed by atoms with Gasteiger partial charge in [-0.3, -0.25) is 4.55 Å². The molecule has 47 heavy (non-hydrogen) atoms. The lowest BCUT2D eigenvalue weighted by Crippen LogP contribution is -2.28. The number of carboxylic acid groups (broad SMARTS) is 2. The first-order chi connectivity index (χ1) is 22.2. The third kappa shape index (κ3) is 14.4. The Hall–Kier alpha value is -4.14. The molecule has 0 aliphatic heterocycles. The van der Waals surface area contributed by atoms with Crippen molar-refractivity contribution < 1.29 is 37.9 Å². The number of hydrogen-bond donors (Lipinski definition) is 5. The lowest BCUT2D eigenvalue weighted by molar-refractivity contribution is -0.132. The molecule has 0 saturated carbocycles. The summed E-state index contributed by atoms with van der Waals surface area (Å²) in [5, 5.41) is 33.5. The van der Waals surface area contributed by atoms with Crippen LogP contribution in [0.3, 0.4) is 0 Å². The summed E-state index contributed by atoms with van der Waals surface area (Å²) in [5.74, 6) is -1.01. The highest BCUT2D eigenvalue weighted by atomic mass is 32.2. The van der Waals surface area contributed by atoms with Gasteiger partial charge >= 0.3 is 11.9 Å². The summed E-state index contributed by atoms with van der Waals surface area (Å²) < 4.78 is 27.9. The molecule has 0 unspecified atom stereocenters. The van der Waals surface area contributed by atoms with Crippen LogP contribution in [0.2, 0.25) is 0 Å². The van der Waals surface area contributed by atoms with Crippen molar-refractivity contribution in [3.8, 4) is 0 Å². The molecule has 4 aromatic rings. The van der Waals surface area contributed by atoms with Crippen molar-refractivity contribution in [1.82, 2.24) is 14.9 Å². The monoisotopic (exact) mass is 685 g/mol. The van der Waals surface area contributed by atoms with Gasteiger partial charge in [-0.05, 0) is 61.2 Å². The number of nitrogens with zero attached hydrogens (tertiary/aromatic N) is 2. The molecule has 2 atom stereocenters. The normalized spacial score (nSPS) is 12.6. The number of aliphatic hydroxyl groups is 1. The molecule has 5 N–H and O–H groups in total. The summed E-state index contributed by atoms with van der Waals surface area (Å²) in [6, 6.07) is 20.3. The zero-order valence-corrected chi connectivity index (χ0v) is 28.5.